The van der Waals surface area contributed by atoms with E-state index in [9.17, 15) is 14.4 Å². The van der Waals surface area contributed by atoms with Crippen LogP contribution in [0.1, 0.15) is 46.1 Å². The molecule has 2 rings (SSSR count). The monoisotopic (exact) mass is 386 g/mol. The molecule has 0 aromatic heterocycles. The largest absolute Gasteiger partial charge is 0.465 e. The molecule has 1 aromatic carbocycles. The van der Waals surface area contributed by atoms with E-state index in [4.69, 9.17) is 9.47 Å². The molecule has 1 heterocycles. The van der Waals surface area contributed by atoms with E-state index in [-0.39, 0.29) is 19.1 Å². The van der Waals surface area contributed by atoms with Gasteiger partial charge in [-0.2, -0.15) is 0 Å². The zero-order valence-corrected chi connectivity index (χ0v) is 16.9. The lowest BCUT2D eigenvalue weighted by molar-refractivity contribution is -0.146. The highest BCUT2D eigenvalue weighted by atomic mass is 16.5. The topological polar surface area (TPSA) is 94.1 Å². The van der Waals surface area contributed by atoms with Crippen LogP contribution in [0, 0.1) is 5.92 Å². The summed E-state index contributed by atoms with van der Waals surface area (Å²) in [5.41, 5.74) is 2.82. The van der Waals surface area contributed by atoms with E-state index in [1.807, 2.05) is 0 Å². The van der Waals surface area contributed by atoms with Crippen LogP contribution in [-0.4, -0.2) is 36.8 Å². The number of allylic oxidation sites excluding steroid dienone is 1. The number of ether oxygens (including phenoxy) is 2. The number of nitrogens with one attached hydrogen (secondary N) is 1. The van der Waals surface area contributed by atoms with Crippen LogP contribution < -0.4 is 5.32 Å². The number of carbonyl (C=O) groups is 3. The third-order valence-electron chi connectivity index (χ3n) is 4.45. The summed E-state index contributed by atoms with van der Waals surface area (Å²) >= 11 is 0. The van der Waals surface area contributed by atoms with E-state index in [0.29, 0.717) is 22.7 Å². The quantitative estimate of drug-likeness (QED) is 0.758. The minimum absolute atomic E-state index is 0.180. The van der Waals surface area contributed by atoms with Crippen LogP contribution in [0.4, 0.5) is 5.69 Å². The number of benzene rings is 1. The van der Waals surface area contributed by atoms with Crippen LogP contribution in [0.25, 0.3) is 0 Å². The van der Waals surface area contributed by atoms with Gasteiger partial charge in [-0.1, -0.05) is 12.1 Å². The molecule has 28 heavy (non-hydrogen) atoms. The minimum Gasteiger partial charge on any atom is -0.465 e. The van der Waals surface area contributed by atoms with Crippen molar-refractivity contribution in [3.05, 3.63) is 41.1 Å². The second-order valence-electron chi connectivity index (χ2n) is 6.48. The van der Waals surface area contributed by atoms with Gasteiger partial charge in [0, 0.05) is 29.9 Å². The zero-order chi connectivity index (χ0) is 20.8. The summed E-state index contributed by atoms with van der Waals surface area (Å²) in [4.78, 5) is 41.1. The summed E-state index contributed by atoms with van der Waals surface area (Å²) in [6.45, 7) is 8.83. The molecule has 1 aliphatic rings. The van der Waals surface area contributed by atoms with Gasteiger partial charge in [-0.25, -0.2) is 4.79 Å². The van der Waals surface area contributed by atoms with E-state index in [2.05, 4.69) is 10.3 Å². The van der Waals surface area contributed by atoms with Gasteiger partial charge in [0.2, 0.25) is 5.91 Å². The van der Waals surface area contributed by atoms with Crippen molar-refractivity contribution in [3.8, 4) is 0 Å². The van der Waals surface area contributed by atoms with Gasteiger partial charge in [-0.05, 0) is 45.4 Å². The molecule has 1 N–H and O–H groups in total. The van der Waals surface area contributed by atoms with Crippen LogP contribution in [-0.2, 0) is 23.9 Å². The van der Waals surface area contributed by atoms with Gasteiger partial charge >= 0.3 is 11.9 Å². The van der Waals surface area contributed by atoms with Gasteiger partial charge in [0.1, 0.15) is 5.92 Å². The number of nitrogens with zero attached hydrogens (tertiary/aromatic N) is 1. The van der Waals surface area contributed by atoms with E-state index in [1.54, 1.807) is 52.0 Å². The van der Waals surface area contributed by atoms with Gasteiger partial charge < -0.3 is 14.8 Å². The maximum Gasteiger partial charge on any atom is 0.336 e. The number of hydrogen-bond donors (Lipinski definition) is 1. The second kappa shape index (κ2) is 9.30. The van der Waals surface area contributed by atoms with Crippen molar-refractivity contribution >= 4 is 29.2 Å². The molecule has 2 atom stereocenters. The number of rotatable bonds is 6. The van der Waals surface area contributed by atoms with Crippen molar-refractivity contribution in [2.45, 2.75) is 40.5 Å². The van der Waals surface area contributed by atoms with Crippen molar-refractivity contribution < 1.29 is 23.9 Å². The highest BCUT2D eigenvalue weighted by Crippen LogP contribution is 2.40. The molecule has 0 saturated carbocycles. The third kappa shape index (κ3) is 4.65. The molecule has 150 valence electrons. The van der Waals surface area contributed by atoms with Gasteiger partial charge in [0.05, 0.1) is 18.8 Å². The lowest BCUT2D eigenvalue weighted by Crippen LogP contribution is -2.36. The highest BCUT2D eigenvalue weighted by molar-refractivity contribution is 6.07. The Morgan fingerprint density at radius 2 is 1.64 bits per heavy atom. The fraction of sp³-hybridized carbons (Fsp3) is 0.429. The Balaban J connectivity index is 2.55. The maximum absolute atomic E-state index is 12.7. The Morgan fingerprint density at radius 1 is 1.04 bits per heavy atom. The number of hydrogen-bond acceptors (Lipinski definition) is 6. The highest BCUT2D eigenvalue weighted by Gasteiger charge is 2.42. The maximum atomic E-state index is 12.7. The summed E-state index contributed by atoms with van der Waals surface area (Å²) in [6, 6.07) is 7.04. The average molecular weight is 386 g/mol. The Kier molecular flexibility index (Phi) is 7.09. The van der Waals surface area contributed by atoms with Gasteiger partial charge in [-0.15, -0.1) is 0 Å². The van der Waals surface area contributed by atoms with E-state index in [1.165, 1.54) is 6.92 Å². The molecule has 0 saturated heterocycles. The molecule has 7 nitrogen and oxygen atoms in total. The molecule has 0 aliphatic carbocycles. The van der Waals surface area contributed by atoms with Crippen LogP contribution >= 0.6 is 0 Å². The molecule has 1 aliphatic heterocycles. The standard InChI is InChI=1S/C21H26N2O5/c1-6-27-20(25)17-12(3)22-13(4)18(21(26)28-7-2)19(17)15-8-10-16(11-9-15)23-14(5)24/h8-11,17,19H,6-7H2,1-5H3,(H,23,24)/t17?,19-/m1/s1. The number of esters is 2. The molecule has 0 spiro atoms. The smallest absolute Gasteiger partial charge is 0.336 e. The molecule has 1 aromatic rings. The van der Waals surface area contributed by atoms with Gasteiger partial charge in [0.25, 0.3) is 0 Å². The van der Waals surface area contributed by atoms with Crippen LogP contribution in [0.2, 0.25) is 0 Å². The molecule has 0 bridgehead atoms. The van der Waals surface area contributed by atoms with Crippen molar-refractivity contribution in [2.24, 2.45) is 10.9 Å². The fourth-order valence-corrected chi connectivity index (χ4v) is 3.39. The predicted molar refractivity (Wildman–Crippen MR) is 106 cm³/mol. The predicted octanol–water partition coefficient (Wildman–Crippen LogP) is 3.22. The van der Waals surface area contributed by atoms with Gasteiger partial charge in [-0.3, -0.25) is 14.6 Å². The summed E-state index contributed by atoms with van der Waals surface area (Å²) in [5, 5.41) is 2.70. The van der Waals surface area contributed by atoms with E-state index < -0.39 is 23.8 Å². The van der Waals surface area contributed by atoms with Crippen molar-refractivity contribution in [1.82, 2.24) is 0 Å². The lowest BCUT2D eigenvalue weighted by Gasteiger charge is -2.31. The average Bonchev–Trinajstić information content (AvgIpc) is 2.61. The third-order valence-corrected chi connectivity index (χ3v) is 4.45. The normalized spacial score (nSPS) is 19.0. The van der Waals surface area contributed by atoms with Crippen LogP contribution in [0.15, 0.2) is 40.5 Å². The van der Waals surface area contributed by atoms with E-state index in [0.717, 1.165) is 5.56 Å². The Hall–Kier alpha value is -2.96. The number of carbonyl (C=O) groups excluding carboxylic acids is 3. The summed E-state index contributed by atoms with van der Waals surface area (Å²) < 4.78 is 10.5. The zero-order valence-electron chi connectivity index (χ0n) is 16.9. The van der Waals surface area contributed by atoms with Crippen LogP contribution in [0.5, 0.6) is 0 Å². The summed E-state index contributed by atoms with van der Waals surface area (Å²) in [5.74, 6) is -2.42. The SMILES string of the molecule is CCOC(=O)C1=C(C)N=C(C)C(C(=O)OCC)[C@H]1c1ccc(NC(C)=O)cc1. The Labute approximate surface area is 164 Å². The van der Waals surface area contributed by atoms with Crippen molar-refractivity contribution in [3.63, 3.8) is 0 Å². The molecule has 1 unspecified atom stereocenters. The first kappa shape index (κ1) is 21.3. The van der Waals surface area contributed by atoms with E-state index >= 15 is 0 Å². The van der Waals surface area contributed by atoms with Gasteiger partial charge in [0.15, 0.2) is 0 Å². The van der Waals surface area contributed by atoms with Crippen LogP contribution in [0.3, 0.4) is 0 Å². The summed E-state index contributed by atoms with van der Waals surface area (Å²) in [6.07, 6.45) is 0. The molecule has 0 radical (unpaired) electrons. The molecule has 7 heteroatoms. The Bertz CT molecular complexity index is 824. The first-order chi connectivity index (χ1) is 13.3. The molecule has 0 fully saturated rings. The fourth-order valence-electron chi connectivity index (χ4n) is 3.39. The number of aliphatic imine (C=N–C) groups is 1. The first-order valence-corrected chi connectivity index (χ1v) is 9.27. The molecular formula is C21H26N2O5. The molecular weight excluding hydrogens is 360 g/mol. The number of amides is 1. The second-order valence-corrected chi connectivity index (χ2v) is 6.48. The first-order valence-electron chi connectivity index (χ1n) is 9.27. The summed E-state index contributed by atoms with van der Waals surface area (Å²) in [7, 11) is 0. The minimum atomic E-state index is -0.727. The lowest BCUT2D eigenvalue weighted by atomic mass is 9.75. The Morgan fingerprint density at radius 3 is 2.18 bits per heavy atom. The molecule has 1 amide bonds. The number of anilines is 1. The van der Waals surface area contributed by atoms with Crippen molar-refractivity contribution in [2.75, 3.05) is 18.5 Å². The van der Waals surface area contributed by atoms with Crippen molar-refractivity contribution in [1.29, 1.82) is 0 Å².